The fourth-order valence-corrected chi connectivity index (χ4v) is 2.92. The Kier molecular flexibility index (Phi) is 4.83. The predicted octanol–water partition coefficient (Wildman–Crippen LogP) is 1.98. The number of anilines is 1. The molecule has 1 N–H and O–H groups in total. The Morgan fingerprint density at radius 1 is 1.32 bits per heavy atom. The van der Waals surface area contributed by atoms with Gasteiger partial charge in [0.2, 0.25) is 0 Å². The van der Waals surface area contributed by atoms with Gasteiger partial charge >= 0.3 is 0 Å². The van der Waals surface area contributed by atoms with Gasteiger partial charge in [0.15, 0.2) is 0 Å². The highest BCUT2D eigenvalue weighted by Crippen LogP contribution is 2.24. The van der Waals surface area contributed by atoms with E-state index in [0.29, 0.717) is 12.1 Å². The Bertz CT molecular complexity index is 403. The quantitative estimate of drug-likeness (QED) is 0.894. The van der Waals surface area contributed by atoms with E-state index in [2.05, 4.69) is 67.3 Å². The second kappa shape index (κ2) is 6.40. The molecule has 0 aliphatic carbocycles. The maximum absolute atomic E-state index is 3.65. The molecule has 0 spiro atoms. The van der Waals surface area contributed by atoms with Crippen LogP contribution in [0, 0.1) is 0 Å². The van der Waals surface area contributed by atoms with Crippen molar-refractivity contribution >= 4 is 5.69 Å². The van der Waals surface area contributed by atoms with Crippen LogP contribution in [0.2, 0.25) is 0 Å². The summed E-state index contributed by atoms with van der Waals surface area (Å²) in [5.41, 5.74) is 2.88. The molecule has 1 aromatic rings. The lowest BCUT2D eigenvalue weighted by atomic mass is 10.0. The van der Waals surface area contributed by atoms with Gasteiger partial charge in [-0.2, -0.15) is 0 Å². The van der Waals surface area contributed by atoms with Crippen molar-refractivity contribution in [1.29, 1.82) is 0 Å². The topological polar surface area (TPSA) is 18.5 Å². The first-order valence-electron chi connectivity index (χ1n) is 7.34. The van der Waals surface area contributed by atoms with Crippen LogP contribution in [0.5, 0.6) is 0 Å². The Morgan fingerprint density at radius 2 is 2.05 bits per heavy atom. The molecule has 0 amide bonds. The molecule has 1 aromatic carbocycles. The smallest absolute Gasteiger partial charge is 0.0402 e. The van der Waals surface area contributed by atoms with E-state index in [1.165, 1.54) is 11.3 Å². The van der Waals surface area contributed by atoms with Gasteiger partial charge in [0.05, 0.1) is 0 Å². The molecular weight excluding hydrogens is 234 g/mol. The van der Waals surface area contributed by atoms with Crippen LogP contribution in [0.15, 0.2) is 24.3 Å². The van der Waals surface area contributed by atoms with E-state index in [1.54, 1.807) is 0 Å². The van der Waals surface area contributed by atoms with Gasteiger partial charge in [-0.05, 0) is 39.1 Å². The summed E-state index contributed by atoms with van der Waals surface area (Å²) in [4.78, 5) is 4.83. The molecule has 2 atom stereocenters. The van der Waals surface area contributed by atoms with Crippen LogP contribution in [0.3, 0.4) is 0 Å². The van der Waals surface area contributed by atoms with Gasteiger partial charge in [-0.15, -0.1) is 0 Å². The lowest BCUT2D eigenvalue weighted by Crippen LogP contribution is -2.58. The van der Waals surface area contributed by atoms with Crippen LogP contribution in [-0.4, -0.2) is 50.7 Å². The van der Waals surface area contributed by atoms with E-state index in [-0.39, 0.29) is 0 Å². The van der Waals surface area contributed by atoms with Crippen LogP contribution in [0.1, 0.15) is 19.4 Å². The number of hydrogen-bond donors (Lipinski definition) is 1. The molecule has 1 fully saturated rings. The third-order valence-corrected chi connectivity index (χ3v) is 3.92. The summed E-state index contributed by atoms with van der Waals surface area (Å²) in [6.07, 6.45) is 1.10. The minimum Gasteiger partial charge on any atom is -0.366 e. The standard InChI is InChI=1S/C16H27N3/c1-5-14-8-6-7-9-16(14)19-12-15(11-18(3)4)17-10-13(19)2/h6-9,13,15,17H,5,10-12H2,1-4H3. The van der Waals surface area contributed by atoms with Crippen LogP contribution in [0.25, 0.3) is 0 Å². The van der Waals surface area contributed by atoms with E-state index in [1.807, 2.05) is 0 Å². The Balaban J connectivity index is 2.16. The number of rotatable bonds is 4. The van der Waals surface area contributed by atoms with Gasteiger partial charge in [-0.1, -0.05) is 25.1 Å². The average molecular weight is 261 g/mol. The van der Waals surface area contributed by atoms with E-state index >= 15 is 0 Å². The van der Waals surface area contributed by atoms with Crippen molar-refractivity contribution in [1.82, 2.24) is 10.2 Å². The van der Waals surface area contributed by atoms with Gasteiger partial charge in [0.25, 0.3) is 0 Å². The van der Waals surface area contributed by atoms with E-state index < -0.39 is 0 Å². The first kappa shape index (κ1) is 14.4. The van der Waals surface area contributed by atoms with Crippen molar-refractivity contribution in [2.75, 3.05) is 38.6 Å². The van der Waals surface area contributed by atoms with Crippen molar-refractivity contribution in [2.45, 2.75) is 32.4 Å². The van der Waals surface area contributed by atoms with E-state index in [0.717, 1.165) is 26.1 Å². The van der Waals surface area contributed by atoms with Crippen LogP contribution >= 0.6 is 0 Å². The molecule has 1 heterocycles. The highest BCUT2D eigenvalue weighted by atomic mass is 15.3. The number of para-hydroxylation sites is 1. The fraction of sp³-hybridized carbons (Fsp3) is 0.625. The highest BCUT2D eigenvalue weighted by molar-refractivity contribution is 5.55. The molecule has 1 aliphatic heterocycles. The second-order valence-electron chi connectivity index (χ2n) is 5.85. The van der Waals surface area contributed by atoms with Crippen LogP contribution < -0.4 is 10.2 Å². The Hall–Kier alpha value is -1.06. The Labute approximate surface area is 117 Å². The first-order chi connectivity index (χ1) is 9.11. The maximum Gasteiger partial charge on any atom is 0.0402 e. The molecule has 2 rings (SSSR count). The molecule has 106 valence electrons. The lowest BCUT2D eigenvalue weighted by Gasteiger charge is -2.42. The monoisotopic (exact) mass is 261 g/mol. The molecule has 0 bridgehead atoms. The summed E-state index contributed by atoms with van der Waals surface area (Å²) >= 11 is 0. The zero-order valence-corrected chi connectivity index (χ0v) is 12.7. The molecule has 3 heteroatoms. The summed E-state index contributed by atoms with van der Waals surface area (Å²) in [6.45, 7) is 7.80. The zero-order chi connectivity index (χ0) is 13.8. The van der Waals surface area contributed by atoms with Gasteiger partial charge < -0.3 is 15.1 Å². The van der Waals surface area contributed by atoms with Gasteiger partial charge in [0, 0.05) is 37.4 Å². The molecule has 2 unspecified atom stereocenters. The van der Waals surface area contributed by atoms with Crippen molar-refractivity contribution in [3.8, 4) is 0 Å². The fourth-order valence-electron chi connectivity index (χ4n) is 2.92. The second-order valence-corrected chi connectivity index (χ2v) is 5.85. The summed E-state index contributed by atoms with van der Waals surface area (Å²) < 4.78 is 0. The van der Waals surface area contributed by atoms with Gasteiger partial charge in [-0.25, -0.2) is 0 Å². The van der Waals surface area contributed by atoms with Crippen molar-refractivity contribution in [2.24, 2.45) is 0 Å². The molecule has 3 nitrogen and oxygen atoms in total. The lowest BCUT2D eigenvalue weighted by molar-refractivity contribution is 0.306. The summed E-state index contributed by atoms with van der Waals surface area (Å²) in [6, 6.07) is 9.94. The number of benzene rings is 1. The maximum atomic E-state index is 3.65. The number of nitrogens with zero attached hydrogens (tertiary/aromatic N) is 2. The van der Waals surface area contributed by atoms with E-state index in [9.17, 15) is 0 Å². The molecular formula is C16H27N3. The van der Waals surface area contributed by atoms with Crippen LogP contribution in [0.4, 0.5) is 5.69 Å². The average Bonchev–Trinajstić information content (AvgIpc) is 2.40. The summed E-state index contributed by atoms with van der Waals surface area (Å²) in [5, 5.41) is 3.65. The number of nitrogens with one attached hydrogen (secondary N) is 1. The molecule has 1 saturated heterocycles. The molecule has 1 aliphatic rings. The zero-order valence-electron chi connectivity index (χ0n) is 12.7. The van der Waals surface area contributed by atoms with Crippen molar-refractivity contribution in [3.05, 3.63) is 29.8 Å². The van der Waals surface area contributed by atoms with Crippen molar-refractivity contribution < 1.29 is 0 Å². The minimum atomic E-state index is 0.552. The van der Waals surface area contributed by atoms with E-state index in [4.69, 9.17) is 0 Å². The minimum absolute atomic E-state index is 0.552. The number of aryl methyl sites for hydroxylation is 1. The van der Waals surface area contributed by atoms with Crippen molar-refractivity contribution in [3.63, 3.8) is 0 Å². The number of piperazine rings is 1. The molecule has 0 radical (unpaired) electrons. The molecule has 0 aromatic heterocycles. The number of hydrogen-bond acceptors (Lipinski definition) is 3. The van der Waals surface area contributed by atoms with Gasteiger partial charge in [-0.3, -0.25) is 0 Å². The summed E-state index contributed by atoms with van der Waals surface area (Å²) in [5.74, 6) is 0. The molecule has 0 saturated carbocycles. The van der Waals surface area contributed by atoms with Crippen LogP contribution in [-0.2, 0) is 6.42 Å². The van der Waals surface area contributed by atoms with Gasteiger partial charge in [0.1, 0.15) is 0 Å². The third kappa shape index (κ3) is 3.48. The third-order valence-electron chi connectivity index (χ3n) is 3.92. The number of likely N-dealkylation sites (N-methyl/N-ethyl adjacent to an activating group) is 1. The normalized spacial score (nSPS) is 23.9. The largest absolute Gasteiger partial charge is 0.366 e. The Morgan fingerprint density at radius 3 is 2.74 bits per heavy atom. The first-order valence-corrected chi connectivity index (χ1v) is 7.34. The highest BCUT2D eigenvalue weighted by Gasteiger charge is 2.26. The summed E-state index contributed by atoms with van der Waals surface area (Å²) in [7, 11) is 4.29. The molecule has 19 heavy (non-hydrogen) atoms. The SMILES string of the molecule is CCc1ccccc1N1CC(CN(C)C)NCC1C. The predicted molar refractivity (Wildman–Crippen MR) is 83.0 cm³/mol.